The van der Waals surface area contributed by atoms with Crippen molar-refractivity contribution < 1.29 is 14.3 Å². The Kier molecular flexibility index (Phi) is 6.02. The zero-order chi connectivity index (χ0) is 14.3. The van der Waals surface area contributed by atoms with Gasteiger partial charge in [0.1, 0.15) is 0 Å². The van der Waals surface area contributed by atoms with E-state index in [1.807, 2.05) is 31.2 Å². The number of ether oxygens (including phenoxy) is 1. The van der Waals surface area contributed by atoms with E-state index >= 15 is 0 Å². The molecule has 1 atom stereocenters. The predicted molar refractivity (Wildman–Crippen MR) is 72.3 cm³/mol. The van der Waals surface area contributed by atoms with Crippen LogP contribution in [-0.2, 0) is 20.9 Å². The Morgan fingerprint density at radius 2 is 1.95 bits per heavy atom. The summed E-state index contributed by atoms with van der Waals surface area (Å²) in [6, 6.07) is 7.19. The summed E-state index contributed by atoms with van der Waals surface area (Å²) in [5.41, 5.74) is 7.87. The number of methoxy groups -OCH3 is 1. The number of benzene rings is 1. The second-order valence-corrected chi connectivity index (χ2v) is 4.42. The van der Waals surface area contributed by atoms with Crippen LogP contribution in [0.25, 0.3) is 0 Å². The van der Waals surface area contributed by atoms with Crippen LogP contribution in [0.15, 0.2) is 24.3 Å². The van der Waals surface area contributed by atoms with Crippen molar-refractivity contribution in [2.45, 2.75) is 32.4 Å². The molecule has 0 bridgehead atoms. The van der Waals surface area contributed by atoms with E-state index in [2.05, 4.69) is 10.1 Å². The van der Waals surface area contributed by atoms with Crippen molar-refractivity contribution in [1.29, 1.82) is 0 Å². The second kappa shape index (κ2) is 7.53. The van der Waals surface area contributed by atoms with Crippen LogP contribution in [0.2, 0.25) is 0 Å². The van der Waals surface area contributed by atoms with Gasteiger partial charge in [-0.25, -0.2) is 0 Å². The molecule has 0 spiro atoms. The van der Waals surface area contributed by atoms with Gasteiger partial charge in [0, 0.05) is 13.0 Å². The summed E-state index contributed by atoms with van der Waals surface area (Å²) in [5.74, 6) is -0.619. The summed E-state index contributed by atoms with van der Waals surface area (Å²) in [4.78, 5) is 22.6. The summed E-state index contributed by atoms with van der Waals surface area (Å²) >= 11 is 0. The van der Waals surface area contributed by atoms with Crippen molar-refractivity contribution in [2.24, 2.45) is 5.73 Å². The number of nitrogens with two attached hydrogens (primary N) is 1. The maximum atomic E-state index is 11.7. The molecule has 5 nitrogen and oxygen atoms in total. The molecule has 0 heterocycles. The van der Waals surface area contributed by atoms with Crippen molar-refractivity contribution in [1.82, 2.24) is 5.32 Å². The molecule has 3 N–H and O–H groups in total. The number of hydrogen-bond acceptors (Lipinski definition) is 4. The number of esters is 1. The van der Waals surface area contributed by atoms with Crippen molar-refractivity contribution in [3.8, 4) is 0 Å². The third kappa shape index (κ3) is 5.52. The van der Waals surface area contributed by atoms with Gasteiger partial charge in [0.2, 0.25) is 5.91 Å². The predicted octanol–water partition coefficient (Wildman–Crippen LogP) is 0.892. The highest BCUT2D eigenvalue weighted by Crippen LogP contribution is 2.03. The molecule has 0 aliphatic carbocycles. The lowest BCUT2D eigenvalue weighted by atomic mass is 10.1. The molecule has 19 heavy (non-hydrogen) atoms. The van der Waals surface area contributed by atoms with E-state index in [4.69, 9.17) is 5.73 Å². The summed E-state index contributed by atoms with van der Waals surface area (Å²) in [7, 11) is 1.31. The Morgan fingerprint density at radius 3 is 2.53 bits per heavy atom. The van der Waals surface area contributed by atoms with Crippen molar-refractivity contribution in [3.63, 3.8) is 0 Å². The highest BCUT2D eigenvalue weighted by Gasteiger charge is 2.14. The third-order valence-electron chi connectivity index (χ3n) is 2.81. The molecule has 0 aromatic heterocycles. The zero-order valence-corrected chi connectivity index (χ0v) is 11.3. The fourth-order valence-corrected chi connectivity index (χ4v) is 1.53. The van der Waals surface area contributed by atoms with Gasteiger partial charge in [-0.05, 0) is 18.9 Å². The summed E-state index contributed by atoms with van der Waals surface area (Å²) < 4.78 is 4.49. The van der Waals surface area contributed by atoms with E-state index in [9.17, 15) is 9.59 Å². The SMILES string of the molecule is COC(=O)CCC(N)C(=O)NCc1ccc(C)cc1. The monoisotopic (exact) mass is 264 g/mol. The lowest BCUT2D eigenvalue weighted by Crippen LogP contribution is -2.40. The van der Waals surface area contributed by atoms with Gasteiger partial charge in [-0.15, -0.1) is 0 Å². The van der Waals surface area contributed by atoms with Gasteiger partial charge >= 0.3 is 5.97 Å². The van der Waals surface area contributed by atoms with Gasteiger partial charge in [0.25, 0.3) is 0 Å². The van der Waals surface area contributed by atoms with Crippen LogP contribution in [0.3, 0.4) is 0 Å². The number of hydrogen-bond donors (Lipinski definition) is 2. The summed E-state index contributed by atoms with van der Waals surface area (Å²) in [6.45, 7) is 2.44. The number of carbonyl (C=O) groups excluding carboxylic acids is 2. The minimum absolute atomic E-state index is 0.148. The Labute approximate surface area is 113 Å². The van der Waals surface area contributed by atoms with Crippen LogP contribution in [0.4, 0.5) is 0 Å². The quantitative estimate of drug-likeness (QED) is 0.748. The van der Waals surface area contributed by atoms with Crippen LogP contribution < -0.4 is 11.1 Å². The molecule has 104 valence electrons. The molecular formula is C14H20N2O3. The van der Waals surface area contributed by atoms with Crippen LogP contribution in [0, 0.1) is 6.92 Å². The van der Waals surface area contributed by atoms with Crippen molar-refractivity contribution >= 4 is 11.9 Å². The van der Waals surface area contributed by atoms with Crippen molar-refractivity contribution in [2.75, 3.05) is 7.11 Å². The smallest absolute Gasteiger partial charge is 0.305 e. The topological polar surface area (TPSA) is 81.4 Å². The largest absolute Gasteiger partial charge is 0.469 e. The Morgan fingerprint density at radius 1 is 1.32 bits per heavy atom. The first-order valence-corrected chi connectivity index (χ1v) is 6.18. The maximum absolute atomic E-state index is 11.7. The van der Waals surface area contributed by atoms with E-state index in [-0.39, 0.29) is 24.7 Å². The number of aryl methyl sites for hydroxylation is 1. The van der Waals surface area contributed by atoms with Gasteiger partial charge in [-0.1, -0.05) is 29.8 Å². The highest BCUT2D eigenvalue weighted by molar-refractivity contribution is 5.82. The Hall–Kier alpha value is -1.88. The molecule has 0 saturated carbocycles. The lowest BCUT2D eigenvalue weighted by molar-refractivity contribution is -0.140. The molecule has 1 aromatic carbocycles. The molecule has 1 rings (SSSR count). The number of rotatable bonds is 6. The second-order valence-electron chi connectivity index (χ2n) is 4.42. The van der Waals surface area contributed by atoms with E-state index in [1.165, 1.54) is 12.7 Å². The first-order valence-electron chi connectivity index (χ1n) is 6.18. The van der Waals surface area contributed by atoms with E-state index < -0.39 is 6.04 Å². The molecule has 1 amide bonds. The fourth-order valence-electron chi connectivity index (χ4n) is 1.53. The Balaban J connectivity index is 2.34. The van der Waals surface area contributed by atoms with Crippen LogP contribution >= 0.6 is 0 Å². The van der Waals surface area contributed by atoms with Gasteiger partial charge in [0.15, 0.2) is 0 Å². The lowest BCUT2D eigenvalue weighted by Gasteiger charge is -2.11. The highest BCUT2D eigenvalue weighted by atomic mass is 16.5. The van der Waals surface area contributed by atoms with Crippen LogP contribution in [0.5, 0.6) is 0 Å². The van der Waals surface area contributed by atoms with Crippen LogP contribution in [0.1, 0.15) is 24.0 Å². The number of amides is 1. The first-order chi connectivity index (χ1) is 9.02. The minimum Gasteiger partial charge on any atom is -0.469 e. The average molecular weight is 264 g/mol. The molecule has 5 heteroatoms. The zero-order valence-electron chi connectivity index (χ0n) is 11.3. The first kappa shape index (κ1) is 15.2. The average Bonchev–Trinajstić information content (AvgIpc) is 2.43. The molecule has 1 unspecified atom stereocenters. The normalized spacial score (nSPS) is 11.7. The Bertz CT molecular complexity index is 429. The molecule has 0 fully saturated rings. The number of nitrogens with one attached hydrogen (secondary N) is 1. The summed E-state index contributed by atoms with van der Waals surface area (Å²) in [5, 5.41) is 2.74. The minimum atomic E-state index is -0.690. The third-order valence-corrected chi connectivity index (χ3v) is 2.81. The van der Waals surface area contributed by atoms with Gasteiger partial charge in [-0.2, -0.15) is 0 Å². The summed E-state index contributed by atoms with van der Waals surface area (Å²) in [6.07, 6.45) is 0.433. The molecule has 0 saturated heterocycles. The van der Waals surface area contributed by atoms with Gasteiger partial charge in [-0.3, -0.25) is 9.59 Å². The van der Waals surface area contributed by atoms with Crippen LogP contribution in [-0.4, -0.2) is 25.0 Å². The molecule has 1 aromatic rings. The maximum Gasteiger partial charge on any atom is 0.305 e. The van der Waals surface area contributed by atoms with Crippen molar-refractivity contribution in [3.05, 3.63) is 35.4 Å². The molecule has 0 aliphatic heterocycles. The standard InChI is InChI=1S/C14H20N2O3/c1-10-3-5-11(6-4-10)9-16-14(18)12(15)7-8-13(17)19-2/h3-6,12H,7-9,15H2,1-2H3,(H,16,18). The van der Waals surface area contributed by atoms with Gasteiger partial charge < -0.3 is 15.8 Å². The molecule has 0 aliphatic rings. The molecular weight excluding hydrogens is 244 g/mol. The molecule has 0 radical (unpaired) electrons. The van der Waals surface area contributed by atoms with E-state index in [0.717, 1.165) is 5.56 Å². The van der Waals surface area contributed by atoms with E-state index in [1.54, 1.807) is 0 Å². The van der Waals surface area contributed by atoms with Gasteiger partial charge in [0.05, 0.1) is 13.2 Å². The fraction of sp³-hybridized carbons (Fsp3) is 0.429. The number of carbonyl (C=O) groups is 2. The van der Waals surface area contributed by atoms with E-state index in [0.29, 0.717) is 6.54 Å².